The van der Waals surface area contributed by atoms with E-state index in [2.05, 4.69) is 0 Å². The van der Waals surface area contributed by atoms with E-state index in [1.807, 2.05) is 6.07 Å². The van der Waals surface area contributed by atoms with Crippen molar-refractivity contribution >= 4 is 23.7 Å². The van der Waals surface area contributed by atoms with Crippen molar-refractivity contribution in [2.24, 2.45) is 0 Å². The Hall–Kier alpha value is -3.48. The number of amides is 3. The maximum atomic E-state index is 12.4. The van der Waals surface area contributed by atoms with E-state index in [9.17, 15) is 19.2 Å². The molecular weight excluding hydrogens is 360 g/mol. The number of carbonyl (C=O) groups excluding carboxylic acids is 4. The third-order valence-corrected chi connectivity index (χ3v) is 4.38. The number of nitrogens with zero attached hydrogens (tertiary/aromatic N) is 2. The van der Waals surface area contributed by atoms with Gasteiger partial charge in [-0.2, -0.15) is 0 Å². The van der Waals surface area contributed by atoms with Gasteiger partial charge in [0.2, 0.25) is 5.91 Å². The predicted octanol–water partition coefficient (Wildman–Crippen LogP) is 2.50. The quantitative estimate of drug-likeness (QED) is 0.319. The van der Waals surface area contributed by atoms with Crippen molar-refractivity contribution in [1.29, 1.82) is 0 Å². The molecule has 0 unspecified atom stereocenters. The molecule has 2 aromatic rings. The maximum absolute atomic E-state index is 12.4. The minimum Gasteiger partial charge on any atom is -0.427 e. The first kappa shape index (κ1) is 19.3. The van der Waals surface area contributed by atoms with Crippen LogP contribution in [0.2, 0.25) is 0 Å². The lowest BCUT2D eigenvalue weighted by atomic mass is 10.0. The van der Waals surface area contributed by atoms with Gasteiger partial charge in [-0.15, -0.1) is 0 Å². The monoisotopic (exact) mass is 380 g/mol. The van der Waals surface area contributed by atoms with Crippen LogP contribution in [0.3, 0.4) is 0 Å². The van der Waals surface area contributed by atoms with E-state index in [0.29, 0.717) is 23.3 Å². The molecule has 7 nitrogen and oxygen atoms in total. The lowest BCUT2D eigenvalue weighted by Crippen LogP contribution is -2.32. The van der Waals surface area contributed by atoms with E-state index >= 15 is 0 Å². The fourth-order valence-corrected chi connectivity index (χ4v) is 2.88. The summed E-state index contributed by atoms with van der Waals surface area (Å²) < 4.78 is 5.25. The molecule has 2 aromatic carbocycles. The van der Waals surface area contributed by atoms with Gasteiger partial charge in [0.15, 0.2) is 5.78 Å². The lowest BCUT2D eigenvalue weighted by Gasteiger charge is -2.13. The van der Waals surface area contributed by atoms with Crippen LogP contribution in [-0.4, -0.2) is 53.6 Å². The summed E-state index contributed by atoms with van der Waals surface area (Å²) in [5, 5.41) is 0. The van der Waals surface area contributed by atoms with Crippen molar-refractivity contribution in [2.75, 3.05) is 20.1 Å². The molecule has 0 radical (unpaired) electrons. The molecule has 0 saturated carbocycles. The maximum Gasteiger partial charge on any atom is 0.326 e. The molecular formula is C21H20N2O5. The van der Waals surface area contributed by atoms with Crippen LogP contribution in [-0.2, 0) is 9.59 Å². The zero-order valence-corrected chi connectivity index (χ0v) is 15.5. The van der Waals surface area contributed by atoms with Gasteiger partial charge < -0.3 is 9.64 Å². The van der Waals surface area contributed by atoms with Crippen molar-refractivity contribution in [3.05, 3.63) is 65.7 Å². The summed E-state index contributed by atoms with van der Waals surface area (Å²) in [7, 11) is 1.56. The number of esters is 1. The van der Waals surface area contributed by atoms with Crippen LogP contribution < -0.4 is 4.74 Å². The zero-order valence-electron chi connectivity index (χ0n) is 15.5. The number of urea groups is 1. The van der Waals surface area contributed by atoms with Gasteiger partial charge in [-0.25, -0.2) is 4.79 Å². The standard InChI is InChI=1S/C21H20N2O5/c1-22-14-18(24)23(21(22)27)13-5-8-19(25)28-17-11-9-16(10-12-17)20(26)15-6-3-2-4-7-15/h2-4,6-7,9-12H,5,8,13-14H2,1H3. The van der Waals surface area contributed by atoms with Crippen molar-refractivity contribution in [1.82, 2.24) is 9.80 Å². The topological polar surface area (TPSA) is 84.0 Å². The fraction of sp³-hybridized carbons (Fsp3) is 0.238. The van der Waals surface area contributed by atoms with Crippen LogP contribution in [0, 0.1) is 0 Å². The third kappa shape index (κ3) is 4.43. The van der Waals surface area contributed by atoms with Crippen LogP contribution >= 0.6 is 0 Å². The van der Waals surface area contributed by atoms with E-state index < -0.39 is 5.97 Å². The molecule has 1 heterocycles. The second-order valence-corrected chi connectivity index (χ2v) is 6.48. The lowest BCUT2D eigenvalue weighted by molar-refractivity contribution is -0.135. The largest absolute Gasteiger partial charge is 0.427 e. The smallest absolute Gasteiger partial charge is 0.326 e. The fourth-order valence-electron chi connectivity index (χ4n) is 2.88. The van der Waals surface area contributed by atoms with Crippen molar-refractivity contribution < 1.29 is 23.9 Å². The van der Waals surface area contributed by atoms with E-state index in [4.69, 9.17) is 4.74 Å². The molecule has 0 spiro atoms. The summed E-state index contributed by atoms with van der Waals surface area (Å²) in [6, 6.07) is 14.9. The number of hydrogen-bond donors (Lipinski definition) is 0. The molecule has 1 aliphatic rings. The van der Waals surface area contributed by atoms with E-state index in [1.54, 1.807) is 55.6 Å². The number of carbonyl (C=O) groups is 4. The highest BCUT2D eigenvalue weighted by Gasteiger charge is 2.32. The molecule has 0 aromatic heterocycles. The Morgan fingerprint density at radius 1 is 0.964 bits per heavy atom. The SMILES string of the molecule is CN1CC(=O)N(CCCC(=O)Oc2ccc(C(=O)c3ccccc3)cc2)C1=O. The average Bonchev–Trinajstić information content (AvgIpc) is 2.94. The molecule has 3 amide bonds. The molecule has 3 rings (SSSR count). The number of imide groups is 1. The Balaban J connectivity index is 1.49. The second-order valence-electron chi connectivity index (χ2n) is 6.48. The highest BCUT2D eigenvalue weighted by Crippen LogP contribution is 2.16. The first-order chi connectivity index (χ1) is 13.5. The van der Waals surface area contributed by atoms with E-state index in [-0.39, 0.29) is 37.2 Å². The summed E-state index contributed by atoms with van der Waals surface area (Å²) in [5.74, 6) is -0.500. The molecule has 0 N–H and O–H groups in total. The predicted molar refractivity (Wildman–Crippen MR) is 101 cm³/mol. The summed E-state index contributed by atoms with van der Waals surface area (Å²) in [6.07, 6.45) is 0.403. The van der Waals surface area contributed by atoms with Gasteiger partial charge >= 0.3 is 12.0 Å². The number of hydrogen-bond acceptors (Lipinski definition) is 5. The molecule has 1 saturated heterocycles. The van der Waals surface area contributed by atoms with Gasteiger partial charge in [-0.3, -0.25) is 19.3 Å². The van der Waals surface area contributed by atoms with Gasteiger partial charge in [0.05, 0.1) is 0 Å². The molecule has 7 heteroatoms. The van der Waals surface area contributed by atoms with Gasteiger partial charge in [-0.1, -0.05) is 30.3 Å². The van der Waals surface area contributed by atoms with Gasteiger partial charge in [-0.05, 0) is 30.7 Å². The Bertz CT molecular complexity index is 893. The second kappa shape index (κ2) is 8.47. The van der Waals surface area contributed by atoms with Crippen molar-refractivity contribution in [3.8, 4) is 5.75 Å². The minimum absolute atomic E-state index is 0.0668. The first-order valence-corrected chi connectivity index (χ1v) is 8.91. The average molecular weight is 380 g/mol. The summed E-state index contributed by atoms with van der Waals surface area (Å²) in [4.78, 5) is 50.2. The van der Waals surface area contributed by atoms with E-state index in [1.165, 1.54) is 4.90 Å². The number of ketones is 1. The Kier molecular flexibility index (Phi) is 5.84. The molecule has 0 aliphatic carbocycles. The highest BCUT2D eigenvalue weighted by molar-refractivity contribution is 6.09. The van der Waals surface area contributed by atoms with Crippen molar-refractivity contribution in [2.45, 2.75) is 12.8 Å². The number of likely N-dealkylation sites (N-methyl/N-ethyl adjacent to an activating group) is 1. The van der Waals surface area contributed by atoms with Gasteiger partial charge in [0.1, 0.15) is 12.3 Å². The summed E-state index contributed by atoms with van der Waals surface area (Å²) >= 11 is 0. The molecule has 144 valence electrons. The van der Waals surface area contributed by atoms with Crippen LogP contribution in [0.4, 0.5) is 4.79 Å². The van der Waals surface area contributed by atoms with Crippen LogP contribution in [0.5, 0.6) is 5.75 Å². The zero-order chi connectivity index (χ0) is 20.1. The van der Waals surface area contributed by atoms with Crippen molar-refractivity contribution in [3.63, 3.8) is 0 Å². The van der Waals surface area contributed by atoms with Crippen LogP contribution in [0.1, 0.15) is 28.8 Å². The number of ether oxygens (including phenoxy) is 1. The number of rotatable bonds is 7. The molecule has 28 heavy (non-hydrogen) atoms. The third-order valence-electron chi connectivity index (χ3n) is 4.38. The first-order valence-electron chi connectivity index (χ1n) is 8.91. The highest BCUT2D eigenvalue weighted by atomic mass is 16.5. The number of benzene rings is 2. The molecule has 0 atom stereocenters. The van der Waals surface area contributed by atoms with Gasteiger partial charge in [0.25, 0.3) is 0 Å². The molecule has 1 aliphatic heterocycles. The summed E-state index contributed by atoms with van der Waals surface area (Å²) in [6.45, 7) is 0.249. The minimum atomic E-state index is -0.463. The van der Waals surface area contributed by atoms with Gasteiger partial charge in [0, 0.05) is 31.1 Å². The summed E-state index contributed by atoms with van der Waals surface area (Å²) in [5.41, 5.74) is 1.09. The Labute approximate surface area is 162 Å². The molecule has 1 fully saturated rings. The normalized spacial score (nSPS) is 13.8. The van der Waals surface area contributed by atoms with Crippen LogP contribution in [0.15, 0.2) is 54.6 Å². The van der Waals surface area contributed by atoms with Crippen LogP contribution in [0.25, 0.3) is 0 Å². The Morgan fingerprint density at radius 2 is 1.61 bits per heavy atom. The molecule has 0 bridgehead atoms. The Morgan fingerprint density at radius 3 is 2.21 bits per heavy atom. The van der Waals surface area contributed by atoms with E-state index in [0.717, 1.165) is 4.90 Å².